The molecule has 1 aromatic heterocycles. The van der Waals surface area contributed by atoms with Crippen LogP contribution in [0.1, 0.15) is 12.0 Å². The van der Waals surface area contributed by atoms with Crippen LogP contribution >= 0.6 is 0 Å². The molecule has 0 N–H and O–H groups in total. The van der Waals surface area contributed by atoms with Gasteiger partial charge < -0.3 is 4.90 Å². The first kappa shape index (κ1) is 11.9. The van der Waals surface area contributed by atoms with E-state index in [4.69, 9.17) is 0 Å². The third kappa shape index (κ3) is 3.43. The van der Waals surface area contributed by atoms with Gasteiger partial charge in [-0.3, -0.25) is 0 Å². The Hall–Kier alpha value is -1.61. The highest BCUT2D eigenvalue weighted by atomic mass is 15.3. The standard InChI is InChI=1S/C14H19N3/c1-16(2)11-3-5-13-6-8-14(9-7-13)17-12-4-10-15-17/h4,6-10,12H,3,5,11H2,1-2H3. The Morgan fingerprint density at radius 2 is 1.94 bits per heavy atom. The fourth-order valence-corrected chi connectivity index (χ4v) is 1.84. The molecule has 3 nitrogen and oxygen atoms in total. The lowest BCUT2D eigenvalue weighted by Gasteiger charge is -2.09. The third-order valence-corrected chi connectivity index (χ3v) is 2.78. The number of nitrogens with zero attached hydrogens (tertiary/aromatic N) is 3. The van der Waals surface area contributed by atoms with Crippen LogP contribution in [0.4, 0.5) is 0 Å². The molecule has 1 aromatic carbocycles. The molecule has 0 amide bonds. The fourth-order valence-electron chi connectivity index (χ4n) is 1.84. The maximum Gasteiger partial charge on any atom is 0.0645 e. The lowest BCUT2D eigenvalue weighted by atomic mass is 10.1. The number of aromatic nitrogens is 2. The molecule has 0 aliphatic rings. The van der Waals surface area contributed by atoms with E-state index in [0.29, 0.717) is 0 Å². The van der Waals surface area contributed by atoms with E-state index >= 15 is 0 Å². The van der Waals surface area contributed by atoms with Crippen LogP contribution in [0.3, 0.4) is 0 Å². The van der Waals surface area contributed by atoms with E-state index in [1.165, 1.54) is 12.0 Å². The third-order valence-electron chi connectivity index (χ3n) is 2.78. The van der Waals surface area contributed by atoms with Crippen molar-refractivity contribution >= 4 is 0 Å². The van der Waals surface area contributed by atoms with Crippen LogP contribution in [-0.4, -0.2) is 35.3 Å². The van der Waals surface area contributed by atoms with E-state index in [2.05, 4.69) is 48.4 Å². The van der Waals surface area contributed by atoms with Crippen LogP contribution in [0.5, 0.6) is 0 Å². The molecule has 0 aliphatic heterocycles. The van der Waals surface area contributed by atoms with E-state index < -0.39 is 0 Å². The zero-order valence-corrected chi connectivity index (χ0v) is 10.5. The predicted octanol–water partition coefficient (Wildman–Crippen LogP) is 2.37. The largest absolute Gasteiger partial charge is 0.309 e. The van der Waals surface area contributed by atoms with Crippen LogP contribution in [0.25, 0.3) is 5.69 Å². The average molecular weight is 229 g/mol. The fraction of sp³-hybridized carbons (Fsp3) is 0.357. The first-order chi connectivity index (χ1) is 8.25. The average Bonchev–Trinajstić information content (AvgIpc) is 2.83. The number of hydrogen-bond acceptors (Lipinski definition) is 2. The summed E-state index contributed by atoms with van der Waals surface area (Å²) in [5, 5.41) is 4.21. The minimum absolute atomic E-state index is 1.12. The molecule has 2 aromatic rings. The molecule has 0 bridgehead atoms. The summed E-state index contributed by atoms with van der Waals surface area (Å²) < 4.78 is 1.88. The van der Waals surface area contributed by atoms with Gasteiger partial charge in [-0.1, -0.05) is 12.1 Å². The lowest BCUT2D eigenvalue weighted by Crippen LogP contribution is -2.13. The number of benzene rings is 1. The van der Waals surface area contributed by atoms with Crippen LogP contribution in [0.15, 0.2) is 42.7 Å². The number of aryl methyl sites for hydroxylation is 1. The summed E-state index contributed by atoms with van der Waals surface area (Å²) >= 11 is 0. The van der Waals surface area contributed by atoms with E-state index in [1.807, 2.05) is 16.9 Å². The summed E-state index contributed by atoms with van der Waals surface area (Å²) in [4.78, 5) is 2.22. The van der Waals surface area contributed by atoms with E-state index in [0.717, 1.165) is 18.7 Å². The Kier molecular flexibility index (Phi) is 3.94. The van der Waals surface area contributed by atoms with Gasteiger partial charge in [0.2, 0.25) is 0 Å². The molecule has 0 spiro atoms. The molecule has 0 atom stereocenters. The molecule has 0 radical (unpaired) electrons. The highest BCUT2D eigenvalue weighted by Gasteiger charge is 1.98. The van der Waals surface area contributed by atoms with Crippen LogP contribution in [0.2, 0.25) is 0 Å². The summed E-state index contributed by atoms with van der Waals surface area (Å²) in [5.41, 5.74) is 2.51. The van der Waals surface area contributed by atoms with Gasteiger partial charge >= 0.3 is 0 Å². The minimum atomic E-state index is 1.12. The molecule has 0 saturated heterocycles. The van der Waals surface area contributed by atoms with Crippen LogP contribution < -0.4 is 0 Å². The molecule has 3 heteroatoms. The summed E-state index contributed by atoms with van der Waals surface area (Å²) in [7, 11) is 4.22. The SMILES string of the molecule is CN(C)CCCc1ccc(-n2cccn2)cc1. The lowest BCUT2D eigenvalue weighted by molar-refractivity contribution is 0.400. The van der Waals surface area contributed by atoms with E-state index in [1.54, 1.807) is 6.20 Å². The highest BCUT2D eigenvalue weighted by molar-refractivity contribution is 5.33. The van der Waals surface area contributed by atoms with Crippen molar-refractivity contribution in [2.75, 3.05) is 20.6 Å². The summed E-state index contributed by atoms with van der Waals surface area (Å²) in [6.07, 6.45) is 6.09. The van der Waals surface area contributed by atoms with Crippen LogP contribution in [0, 0.1) is 0 Å². The zero-order valence-electron chi connectivity index (χ0n) is 10.5. The Bertz CT molecular complexity index is 429. The van der Waals surface area contributed by atoms with Gasteiger partial charge in [0.1, 0.15) is 0 Å². The quantitative estimate of drug-likeness (QED) is 0.785. The first-order valence-corrected chi connectivity index (χ1v) is 5.99. The van der Waals surface area contributed by atoms with Gasteiger partial charge in [0.25, 0.3) is 0 Å². The summed E-state index contributed by atoms with van der Waals surface area (Å²) in [6, 6.07) is 10.6. The molecule has 90 valence electrons. The van der Waals surface area contributed by atoms with Gasteiger partial charge in [-0.2, -0.15) is 5.10 Å². The molecular weight excluding hydrogens is 210 g/mol. The zero-order chi connectivity index (χ0) is 12.1. The molecule has 0 aliphatic carbocycles. The van der Waals surface area contributed by atoms with Crippen LogP contribution in [-0.2, 0) is 6.42 Å². The van der Waals surface area contributed by atoms with Crippen molar-refractivity contribution in [3.63, 3.8) is 0 Å². The number of hydrogen-bond donors (Lipinski definition) is 0. The maximum absolute atomic E-state index is 4.21. The predicted molar refractivity (Wildman–Crippen MR) is 70.4 cm³/mol. The molecular formula is C14H19N3. The molecule has 0 fully saturated rings. The van der Waals surface area contributed by atoms with Crippen molar-refractivity contribution in [3.05, 3.63) is 48.3 Å². The maximum atomic E-state index is 4.21. The van der Waals surface area contributed by atoms with Crippen molar-refractivity contribution < 1.29 is 0 Å². The smallest absolute Gasteiger partial charge is 0.0645 e. The first-order valence-electron chi connectivity index (χ1n) is 5.99. The van der Waals surface area contributed by atoms with E-state index in [-0.39, 0.29) is 0 Å². The van der Waals surface area contributed by atoms with Crippen molar-refractivity contribution in [3.8, 4) is 5.69 Å². The normalized spacial score (nSPS) is 11.0. The van der Waals surface area contributed by atoms with Crippen molar-refractivity contribution in [1.29, 1.82) is 0 Å². The van der Waals surface area contributed by atoms with Crippen molar-refractivity contribution in [1.82, 2.24) is 14.7 Å². The molecule has 17 heavy (non-hydrogen) atoms. The number of rotatable bonds is 5. The second kappa shape index (κ2) is 5.64. The molecule has 0 unspecified atom stereocenters. The Morgan fingerprint density at radius 1 is 1.18 bits per heavy atom. The Balaban J connectivity index is 1.94. The second-order valence-corrected chi connectivity index (χ2v) is 4.52. The van der Waals surface area contributed by atoms with E-state index in [9.17, 15) is 0 Å². The van der Waals surface area contributed by atoms with Crippen molar-refractivity contribution in [2.24, 2.45) is 0 Å². The summed E-state index contributed by atoms with van der Waals surface area (Å²) in [5.74, 6) is 0. The summed E-state index contributed by atoms with van der Waals surface area (Å²) in [6.45, 7) is 1.14. The monoisotopic (exact) mass is 229 g/mol. The second-order valence-electron chi connectivity index (χ2n) is 4.52. The van der Waals surface area contributed by atoms with Gasteiger partial charge in [-0.25, -0.2) is 4.68 Å². The van der Waals surface area contributed by atoms with Gasteiger partial charge in [0, 0.05) is 12.4 Å². The minimum Gasteiger partial charge on any atom is -0.309 e. The van der Waals surface area contributed by atoms with Gasteiger partial charge in [-0.05, 0) is 57.2 Å². The Labute approximate surface area is 103 Å². The van der Waals surface area contributed by atoms with Gasteiger partial charge in [0.05, 0.1) is 5.69 Å². The highest BCUT2D eigenvalue weighted by Crippen LogP contribution is 2.10. The Morgan fingerprint density at radius 3 is 2.53 bits per heavy atom. The molecule has 2 rings (SSSR count). The van der Waals surface area contributed by atoms with Crippen molar-refractivity contribution in [2.45, 2.75) is 12.8 Å². The van der Waals surface area contributed by atoms with Gasteiger partial charge in [-0.15, -0.1) is 0 Å². The van der Waals surface area contributed by atoms with Gasteiger partial charge in [0.15, 0.2) is 0 Å². The topological polar surface area (TPSA) is 21.1 Å². The molecule has 0 saturated carbocycles. The molecule has 1 heterocycles.